The van der Waals surface area contributed by atoms with Crippen LogP contribution in [0.15, 0.2) is 18.2 Å². The molecule has 0 aliphatic carbocycles. The van der Waals surface area contributed by atoms with Gasteiger partial charge in [-0.2, -0.15) is 0 Å². The molecule has 17 heavy (non-hydrogen) atoms. The lowest BCUT2D eigenvalue weighted by Gasteiger charge is -2.06. The molecule has 5 heteroatoms. The minimum atomic E-state index is -0.748. The van der Waals surface area contributed by atoms with E-state index in [9.17, 15) is 14.0 Å². The fraction of sp³-hybridized carbons (Fsp3) is 0.333. The van der Waals surface area contributed by atoms with Gasteiger partial charge in [0.2, 0.25) is 0 Å². The zero-order valence-electron chi connectivity index (χ0n) is 9.50. The Morgan fingerprint density at radius 3 is 2.59 bits per heavy atom. The molecule has 0 aromatic heterocycles. The largest absolute Gasteiger partial charge is 0.462 e. The van der Waals surface area contributed by atoms with Gasteiger partial charge in [-0.3, -0.25) is 4.79 Å². The van der Waals surface area contributed by atoms with Crippen molar-refractivity contribution in [3.8, 4) is 0 Å². The van der Waals surface area contributed by atoms with Crippen LogP contribution in [0.4, 0.5) is 4.39 Å². The van der Waals surface area contributed by atoms with Crippen LogP contribution in [0.1, 0.15) is 34.6 Å². The normalized spacial score (nSPS) is 12.0. The fourth-order valence-electron chi connectivity index (χ4n) is 1.27. The Morgan fingerprint density at radius 1 is 1.47 bits per heavy atom. The molecular weight excluding hydrogens is 291 g/mol. The summed E-state index contributed by atoms with van der Waals surface area (Å²) in [4.78, 5) is 22.5. The van der Waals surface area contributed by atoms with Crippen molar-refractivity contribution in [2.24, 2.45) is 0 Å². The van der Waals surface area contributed by atoms with E-state index in [2.05, 4.69) is 20.7 Å². The molecule has 0 saturated carbocycles. The maximum atomic E-state index is 13.6. The lowest BCUT2D eigenvalue weighted by atomic mass is 10.1. The molecule has 0 amide bonds. The summed E-state index contributed by atoms with van der Waals surface area (Å²) < 4.78 is 18.3. The molecule has 0 spiro atoms. The monoisotopic (exact) mass is 302 g/mol. The topological polar surface area (TPSA) is 43.4 Å². The van der Waals surface area contributed by atoms with Gasteiger partial charge in [0, 0.05) is 5.56 Å². The Hall–Kier alpha value is -1.23. The quantitative estimate of drug-likeness (QED) is 0.488. The number of hydrogen-bond acceptors (Lipinski definition) is 3. The van der Waals surface area contributed by atoms with Crippen molar-refractivity contribution in [2.45, 2.75) is 18.7 Å². The van der Waals surface area contributed by atoms with Gasteiger partial charge in [-0.25, -0.2) is 9.18 Å². The molecule has 0 N–H and O–H groups in total. The minimum absolute atomic E-state index is 0.161. The number of ether oxygens (including phenoxy) is 1. The van der Waals surface area contributed by atoms with Crippen molar-refractivity contribution >= 4 is 27.7 Å². The van der Waals surface area contributed by atoms with Gasteiger partial charge < -0.3 is 4.74 Å². The summed E-state index contributed by atoms with van der Waals surface area (Å²) in [5.74, 6) is -1.71. The second-order valence-corrected chi connectivity index (χ2v) is 4.77. The minimum Gasteiger partial charge on any atom is -0.462 e. The molecule has 0 radical (unpaired) electrons. The van der Waals surface area contributed by atoms with Gasteiger partial charge in [0.15, 0.2) is 5.78 Å². The van der Waals surface area contributed by atoms with E-state index in [1.165, 1.54) is 12.1 Å². The predicted octanol–water partition coefficient (Wildman–Crippen LogP) is 2.97. The number of Topliss-reactive ketones (excluding diaryl/α,β-unsaturated/α-hetero) is 1. The number of esters is 1. The van der Waals surface area contributed by atoms with Crippen LogP contribution in [0.2, 0.25) is 0 Å². The van der Waals surface area contributed by atoms with E-state index < -0.39 is 16.6 Å². The number of alkyl halides is 1. The second-order valence-electron chi connectivity index (χ2n) is 3.40. The number of ketones is 1. The first-order valence-electron chi connectivity index (χ1n) is 5.12. The number of halogens is 2. The van der Waals surface area contributed by atoms with E-state index >= 15 is 0 Å². The second kappa shape index (κ2) is 5.91. The highest BCUT2D eigenvalue weighted by atomic mass is 79.9. The lowest BCUT2D eigenvalue weighted by Crippen LogP contribution is -2.12. The first kappa shape index (κ1) is 13.8. The molecule has 1 atom stereocenters. The Balaban J connectivity index is 3.02. The molecule has 3 nitrogen and oxygen atoms in total. The predicted molar refractivity (Wildman–Crippen MR) is 65.1 cm³/mol. The summed E-state index contributed by atoms with van der Waals surface area (Å²) in [6.45, 7) is 3.47. The molecule has 0 heterocycles. The van der Waals surface area contributed by atoms with E-state index in [1.54, 1.807) is 13.8 Å². The third-order valence-corrected chi connectivity index (χ3v) is 2.53. The molecule has 0 aliphatic rings. The van der Waals surface area contributed by atoms with Crippen LogP contribution in [0.3, 0.4) is 0 Å². The number of hydrogen-bond donors (Lipinski definition) is 0. The fourth-order valence-corrected chi connectivity index (χ4v) is 1.54. The molecule has 1 unspecified atom stereocenters. The Labute approximate surface area is 107 Å². The molecule has 0 bridgehead atoms. The molecular formula is C12H12BrFO3. The molecule has 92 valence electrons. The van der Waals surface area contributed by atoms with Crippen LogP contribution in [-0.2, 0) is 4.74 Å². The average Bonchev–Trinajstić information content (AvgIpc) is 2.27. The number of carbonyl (C=O) groups excluding carboxylic acids is 2. The molecule has 0 aliphatic heterocycles. The van der Waals surface area contributed by atoms with Crippen molar-refractivity contribution in [3.63, 3.8) is 0 Å². The third-order valence-electron chi connectivity index (χ3n) is 2.11. The van der Waals surface area contributed by atoms with Crippen molar-refractivity contribution in [2.75, 3.05) is 6.61 Å². The van der Waals surface area contributed by atoms with Crippen molar-refractivity contribution < 1.29 is 18.7 Å². The zero-order valence-corrected chi connectivity index (χ0v) is 11.1. The van der Waals surface area contributed by atoms with Crippen molar-refractivity contribution in [3.05, 3.63) is 35.1 Å². The number of benzene rings is 1. The van der Waals surface area contributed by atoms with Crippen LogP contribution in [0.25, 0.3) is 0 Å². The van der Waals surface area contributed by atoms with Crippen molar-refractivity contribution in [1.29, 1.82) is 0 Å². The summed E-state index contributed by atoms with van der Waals surface area (Å²) in [6, 6.07) is 3.72. The van der Waals surface area contributed by atoms with Gasteiger partial charge in [0.05, 0.1) is 17.0 Å². The Bertz CT molecular complexity index is 443. The van der Waals surface area contributed by atoms with Crippen LogP contribution >= 0.6 is 15.9 Å². The Morgan fingerprint density at radius 2 is 2.12 bits per heavy atom. The van der Waals surface area contributed by atoms with Crippen molar-refractivity contribution in [1.82, 2.24) is 0 Å². The lowest BCUT2D eigenvalue weighted by molar-refractivity contribution is 0.0520. The molecule has 1 aromatic carbocycles. The molecule has 1 aromatic rings. The summed E-state index contributed by atoms with van der Waals surface area (Å²) >= 11 is 3.11. The van der Waals surface area contributed by atoms with Gasteiger partial charge in [-0.1, -0.05) is 22.0 Å². The highest BCUT2D eigenvalue weighted by Crippen LogP contribution is 2.15. The summed E-state index contributed by atoms with van der Waals surface area (Å²) in [5, 5.41) is 0. The zero-order chi connectivity index (χ0) is 13.0. The van der Waals surface area contributed by atoms with Gasteiger partial charge in [0.25, 0.3) is 0 Å². The van der Waals surface area contributed by atoms with Gasteiger partial charge in [-0.05, 0) is 26.0 Å². The van der Waals surface area contributed by atoms with E-state index in [0.717, 1.165) is 6.07 Å². The van der Waals surface area contributed by atoms with Crippen LogP contribution < -0.4 is 0 Å². The van der Waals surface area contributed by atoms with Crippen LogP contribution in [0, 0.1) is 5.82 Å². The number of rotatable bonds is 4. The van der Waals surface area contributed by atoms with Crippen LogP contribution in [-0.4, -0.2) is 23.2 Å². The summed E-state index contributed by atoms with van der Waals surface area (Å²) in [5.41, 5.74) is 0.0607. The summed E-state index contributed by atoms with van der Waals surface area (Å²) in [7, 11) is 0. The van der Waals surface area contributed by atoms with E-state index in [0.29, 0.717) is 0 Å². The average molecular weight is 303 g/mol. The standard InChI is InChI=1S/C12H12BrFO3/c1-3-17-12(16)9-5-4-8(6-10(9)14)11(15)7(2)13/h4-7H,3H2,1-2H3. The summed E-state index contributed by atoms with van der Waals surface area (Å²) in [6.07, 6.45) is 0. The highest BCUT2D eigenvalue weighted by Gasteiger charge is 2.17. The SMILES string of the molecule is CCOC(=O)c1ccc(C(=O)C(C)Br)cc1F. The number of carbonyl (C=O) groups is 2. The highest BCUT2D eigenvalue weighted by molar-refractivity contribution is 9.10. The molecule has 0 saturated heterocycles. The smallest absolute Gasteiger partial charge is 0.341 e. The maximum Gasteiger partial charge on any atom is 0.341 e. The third kappa shape index (κ3) is 3.36. The molecule has 0 fully saturated rings. The van der Waals surface area contributed by atoms with E-state index in [1.807, 2.05) is 0 Å². The first-order valence-corrected chi connectivity index (χ1v) is 6.04. The van der Waals surface area contributed by atoms with E-state index in [4.69, 9.17) is 0 Å². The van der Waals surface area contributed by atoms with Crippen LogP contribution in [0.5, 0.6) is 0 Å². The van der Waals surface area contributed by atoms with Gasteiger partial charge in [0.1, 0.15) is 5.82 Å². The van der Waals surface area contributed by atoms with E-state index in [-0.39, 0.29) is 23.5 Å². The first-order chi connectivity index (χ1) is 7.97. The van der Waals surface area contributed by atoms with Gasteiger partial charge in [-0.15, -0.1) is 0 Å². The molecule has 1 rings (SSSR count). The Kier molecular flexibility index (Phi) is 4.81. The maximum absolute atomic E-state index is 13.6. The van der Waals surface area contributed by atoms with Gasteiger partial charge >= 0.3 is 5.97 Å².